The Morgan fingerprint density at radius 3 is 2.00 bits per heavy atom. The highest BCUT2D eigenvalue weighted by Crippen LogP contribution is 2.31. The van der Waals surface area contributed by atoms with E-state index < -0.39 is 0 Å². The number of thiol groups is 1. The molecular weight excluding hydrogens is 152 g/mol. The van der Waals surface area contributed by atoms with Gasteiger partial charge in [-0.2, -0.15) is 12.6 Å². The molecular formula is C10H22S. The Morgan fingerprint density at radius 2 is 1.73 bits per heavy atom. The van der Waals surface area contributed by atoms with Crippen LogP contribution in [0.5, 0.6) is 0 Å². The van der Waals surface area contributed by atoms with E-state index in [1.54, 1.807) is 0 Å². The van der Waals surface area contributed by atoms with E-state index >= 15 is 0 Å². The van der Waals surface area contributed by atoms with Crippen molar-refractivity contribution in [3.8, 4) is 0 Å². The van der Waals surface area contributed by atoms with Crippen molar-refractivity contribution in [2.75, 3.05) is 0 Å². The van der Waals surface area contributed by atoms with Gasteiger partial charge in [-0.15, -0.1) is 0 Å². The van der Waals surface area contributed by atoms with Crippen molar-refractivity contribution in [3.63, 3.8) is 0 Å². The minimum atomic E-state index is 0.345. The quantitative estimate of drug-likeness (QED) is 0.619. The van der Waals surface area contributed by atoms with E-state index in [9.17, 15) is 0 Å². The van der Waals surface area contributed by atoms with Crippen LogP contribution in [0.25, 0.3) is 0 Å². The summed E-state index contributed by atoms with van der Waals surface area (Å²) in [4.78, 5) is 0. The summed E-state index contributed by atoms with van der Waals surface area (Å²) < 4.78 is 0. The van der Waals surface area contributed by atoms with Crippen LogP contribution in [-0.2, 0) is 0 Å². The zero-order valence-corrected chi connectivity index (χ0v) is 9.41. The molecule has 0 rings (SSSR count). The molecule has 0 aromatic carbocycles. The predicted octanol–water partition coefficient (Wildman–Crippen LogP) is 3.77. The summed E-state index contributed by atoms with van der Waals surface area (Å²) in [5.41, 5.74) is 0.345. The van der Waals surface area contributed by atoms with Gasteiger partial charge in [-0.25, -0.2) is 0 Å². The second kappa shape index (κ2) is 4.39. The maximum absolute atomic E-state index is 4.64. The third kappa shape index (κ3) is 4.05. The number of hydrogen-bond donors (Lipinski definition) is 1. The first kappa shape index (κ1) is 11.4. The van der Waals surface area contributed by atoms with Gasteiger partial charge in [0.25, 0.3) is 0 Å². The van der Waals surface area contributed by atoms with Crippen molar-refractivity contribution in [2.45, 2.75) is 52.7 Å². The first-order valence-electron chi connectivity index (χ1n) is 4.57. The van der Waals surface area contributed by atoms with Crippen LogP contribution >= 0.6 is 12.6 Å². The van der Waals surface area contributed by atoms with Gasteiger partial charge >= 0.3 is 0 Å². The minimum absolute atomic E-state index is 0.345. The molecule has 2 atom stereocenters. The fourth-order valence-electron chi connectivity index (χ4n) is 1.47. The van der Waals surface area contributed by atoms with Gasteiger partial charge in [0, 0.05) is 5.25 Å². The van der Waals surface area contributed by atoms with E-state index in [0.717, 1.165) is 5.92 Å². The minimum Gasteiger partial charge on any atom is -0.175 e. The maximum Gasteiger partial charge on any atom is 0.00909 e. The van der Waals surface area contributed by atoms with E-state index in [0.29, 0.717) is 10.7 Å². The van der Waals surface area contributed by atoms with E-state index in [2.05, 4.69) is 47.2 Å². The Labute approximate surface area is 77.2 Å². The molecule has 0 amide bonds. The lowest BCUT2D eigenvalue weighted by atomic mass is 9.83. The van der Waals surface area contributed by atoms with Gasteiger partial charge in [0.05, 0.1) is 0 Å². The molecule has 0 saturated heterocycles. The third-order valence-electron chi connectivity index (χ3n) is 2.17. The van der Waals surface area contributed by atoms with Gasteiger partial charge in [-0.05, 0) is 17.8 Å². The van der Waals surface area contributed by atoms with Crippen molar-refractivity contribution in [2.24, 2.45) is 11.3 Å². The Kier molecular flexibility index (Phi) is 4.53. The fraction of sp³-hybridized carbons (Fsp3) is 1.00. The molecule has 0 bridgehead atoms. The molecule has 0 saturated carbocycles. The van der Waals surface area contributed by atoms with Crippen LogP contribution in [0.15, 0.2) is 0 Å². The van der Waals surface area contributed by atoms with Gasteiger partial charge in [0.1, 0.15) is 0 Å². The lowest BCUT2D eigenvalue weighted by Crippen LogP contribution is -2.27. The molecule has 0 N–H and O–H groups in total. The van der Waals surface area contributed by atoms with Gasteiger partial charge in [-0.3, -0.25) is 0 Å². The average Bonchev–Trinajstić information content (AvgIpc) is 1.85. The van der Waals surface area contributed by atoms with Crippen LogP contribution in [0, 0.1) is 11.3 Å². The summed E-state index contributed by atoms with van der Waals surface area (Å²) in [6.07, 6.45) is 2.57. The standard InChI is InChI=1S/C10H22S/c1-6-7-8(2)9(11)10(3,4)5/h8-9,11H,6-7H2,1-5H3. The lowest BCUT2D eigenvalue weighted by molar-refractivity contribution is 0.313. The lowest BCUT2D eigenvalue weighted by Gasteiger charge is -2.31. The van der Waals surface area contributed by atoms with Crippen LogP contribution in [0.1, 0.15) is 47.5 Å². The van der Waals surface area contributed by atoms with Gasteiger partial charge < -0.3 is 0 Å². The third-order valence-corrected chi connectivity index (χ3v) is 3.45. The van der Waals surface area contributed by atoms with Crippen LogP contribution in [-0.4, -0.2) is 5.25 Å². The summed E-state index contributed by atoms with van der Waals surface area (Å²) in [6.45, 7) is 11.3. The van der Waals surface area contributed by atoms with Crippen molar-refractivity contribution < 1.29 is 0 Å². The molecule has 0 spiro atoms. The molecule has 11 heavy (non-hydrogen) atoms. The first-order chi connectivity index (χ1) is 4.89. The molecule has 0 aromatic rings. The molecule has 0 nitrogen and oxygen atoms in total. The Balaban J connectivity index is 3.91. The van der Waals surface area contributed by atoms with Crippen molar-refractivity contribution in [1.29, 1.82) is 0 Å². The fourth-order valence-corrected chi connectivity index (χ4v) is 1.62. The molecule has 0 aliphatic carbocycles. The van der Waals surface area contributed by atoms with Crippen LogP contribution in [0.2, 0.25) is 0 Å². The second-order valence-electron chi connectivity index (χ2n) is 4.58. The van der Waals surface area contributed by atoms with Gasteiger partial charge in [-0.1, -0.05) is 41.0 Å². The SMILES string of the molecule is CCCC(C)C(S)C(C)(C)C. The zero-order valence-electron chi connectivity index (χ0n) is 8.52. The van der Waals surface area contributed by atoms with E-state index in [-0.39, 0.29) is 0 Å². The highest BCUT2D eigenvalue weighted by molar-refractivity contribution is 7.81. The molecule has 0 aliphatic heterocycles. The monoisotopic (exact) mass is 174 g/mol. The molecule has 0 aromatic heterocycles. The molecule has 0 heterocycles. The van der Waals surface area contributed by atoms with Crippen molar-refractivity contribution in [3.05, 3.63) is 0 Å². The summed E-state index contributed by atoms with van der Waals surface area (Å²) in [6, 6.07) is 0. The molecule has 68 valence electrons. The molecule has 0 fully saturated rings. The van der Waals surface area contributed by atoms with Crippen LogP contribution in [0.3, 0.4) is 0 Å². The molecule has 0 aliphatic rings. The first-order valence-corrected chi connectivity index (χ1v) is 5.09. The molecule has 0 radical (unpaired) electrons. The van der Waals surface area contributed by atoms with Crippen LogP contribution < -0.4 is 0 Å². The van der Waals surface area contributed by atoms with E-state index in [1.165, 1.54) is 12.8 Å². The van der Waals surface area contributed by atoms with E-state index in [1.807, 2.05) is 0 Å². The normalized spacial score (nSPS) is 18.0. The second-order valence-corrected chi connectivity index (χ2v) is 5.13. The largest absolute Gasteiger partial charge is 0.175 e. The number of rotatable bonds is 3. The number of hydrogen-bond acceptors (Lipinski definition) is 1. The molecule has 1 heteroatoms. The maximum atomic E-state index is 4.64. The van der Waals surface area contributed by atoms with E-state index in [4.69, 9.17) is 0 Å². The smallest absolute Gasteiger partial charge is 0.00909 e. The van der Waals surface area contributed by atoms with Gasteiger partial charge in [0.2, 0.25) is 0 Å². The Bertz CT molecular complexity index is 102. The Morgan fingerprint density at radius 1 is 1.27 bits per heavy atom. The topological polar surface area (TPSA) is 0 Å². The highest BCUT2D eigenvalue weighted by Gasteiger charge is 2.25. The summed E-state index contributed by atoms with van der Waals surface area (Å²) >= 11 is 4.64. The Hall–Kier alpha value is 0.350. The van der Waals surface area contributed by atoms with Crippen LogP contribution in [0.4, 0.5) is 0 Å². The van der Waals surface area contributed by atoms with Crippen molar-refractivity contribution >= 4 is 12.6 Å². The summed E-state index contributed by atoms with van der Waals surface area (Å²) in [5, 5.41) is 0.530. The summed E-state index contributed by atoms with van der Waals surface area (Å²) in [7, 11) is 0. The predicted molar refractivity (Wildman–Crippen MR) is 56.3 cm³/mol. The highest BCUT2D eigenvalue weighted by atomic mass is 32.1. The van der Waals surface area contributed by atoms with Gasteiger partial charge in [0.15, 0.2) is 0 Å². The summed E-state index contributed by atoms with van der Waals surface area (Å²) in [5.74, 6) is 0.739. The molecule has 2 unspecified atom stereocenters. The zero-order chi connectivity index (χ0) is 9.07. The van der Waals surface area contributed by atoms with Crippen molar-refractivity contribution in [1.82, 2.24) is 0 Å². The average molecular weight is 174 g/mol.